The van der Waals surface area contributed by atoms with Crippen molar-refractivity contribution in [1.82, 2.24) is 14.9 Å². The van der Waals surface area contributed by atoms with Crippen LogP contribution in [0.15, 0.2) is 64.5 Å². The van der Waals surface area contributed by atoms with Crippen molar-refractivity contribution in [2.75, 3.05) is 5.75 Å². The first-order valence-corrected chi connectivity index (χ1v) is 10.1. The number of nitrogens with zero attached hydrogens (tertiary/aromatic N) is 2. The van der Waals surface area contributed by atoms with Gasteiger partial charge in [0.15, 0.2) is 5.16 Å². The summed E-state index contributed by atoms with van der Waals surface area (Å²) in [7, 11) is 0. The molecule has 0 aliphatic rings. The van der Waals surface area contributed by atoms with E-state index in [2.05, 4.69) is 17.2 Å². The minimum absolute atomic E-state index is 0.0528. The number of fused-ring (bicyclic) bond motifs is 1. The summed E-state index contributed by atoms with van der Waals surface area (Å²) in [6.45, 7) is 4.09. The molecule has 1 aromatic heterocycles. The minimum atomic E-state index is -0.131. The smallest absolute Gasteiger partial charge is 0.266 e. The Bertz CT molecular complexity index is 986. The molecule has 1 N–H and O–H groups in total. The molecule has 0 unspecified atom stereocenters. The number of thioether (sulfide) groups is 1. The number of rotatable bonds is 7. The fourth-order valence-corrected chi connectivity index (χ4v) is 3.79. The lowest BCUT2D eigenvalue weighted by atomic mass is 10.2. The third-order valence-electron chi connectivity index (χ3n) is 4.22. The fourth-order valence-electron chi connectivity index (χ4n) is 2.97. The lowest BCUT2D eigenvalue weighted by molar-refractivity contribution is -0.119. The molecule has 0 spiro atoms. The fraction of sp³-hybridized carbons (Fsp3) is 0.286. The molecule has 0 radical (unpaired) electrons. The van der Waals surface area contributed by atoms with Gasteiger partial charge in [-0.25, -0.2) is 4.98 Å². The van der Waals surface area contributed by atoms with Gasteiger partial charge in [-0.3, -0.25) is 14.2 Å². The zero-order valence-corrected chi connectivity index (χ0v) is 16.3. The van der Waals surface area contributed by atoms with Gasteiger partial charge < -0.3 is 5.32 Å². The van der Waals surface area contributed by atoms with Gasteiger partial charge in [0.25, 0.3) is 5.56 Å². The predicted molar refractivity (Wildman–Crippen MR) is 111 cm³/mol. The van der Waals surface area contributed by atoms with E-state index in [9.17, 15) is 9.59 Å². The number of hydrogen-bond donors (Lipinski definition) is 1. The van der Waals surface area contributed by atoms with Crippen molar-refractivity contribution < 1.29 is 4.79 Å². The highest BCUT2D eigenvalue weighted by Crippen LogP contribution is 2.21. The lowest BCUT2D eigenvalue weighted by Crippen LogP contribution is -2.34. The molecule has 0 bridgehead atoms. The topological polar surface area (TPSA) is 64.0 Å². The first-order chi connectivity index (χ1) is 13.1. The third kappa shape index (κ3) is 4.57. The van der Waals surface area contributed by atoms with E-state index in [0.717, 1.165) is 18.5 Å². The van der Waals surface area contributed by atoms with Crippen molar-refractivity contribution in [2.45, 2.75) is 37.9 Å². The number of aromatic nitrogens is 2. The highest BCUT2D eigenvalue weighted by atomic mass is 32.2. The van der Waals surface area contributed by atoms with E-state index in [4.69, 9.17) is 0 Å². The van der Waals surface area contributed by atoms with Crippen molar-refractivity contribution in [3.8, 4) is 5.69 Å². The molecular formula is C21H23N3O2S. The summed E-state index contributed by atoms with van der Waals surface area (Å²) >= 11 is 1.28. The van der Waals surface area contributed by atoms with Crippen LogP contribution < -0.4 is 10.9 Å². The molecule has 3 rings (SSSR count). The summed E-state index contributed by atoms with van der Waals surface area (Å²) in [6, 6.07) is 16.8. The number of amides is 1. The van der Waals surface area contributed by atoms with E-state index in [1.165, 1.54) is 11.8 Å². The molecule has 0 saturated heterocycles. The first-order valence-electron chi connectivity index (χ1n) is 9.09. The average molecular weight is 382 g/mol. The number of hydrogen-bond acceptors (Lipinski definition) is 4. The number of nitrogens with one attached hydrogen (secondary N) is 1. The zero-order valence-electron chi connectivity index (χ0n) is 15.5. The number of carbonyl (C=O) groups excluding carboxylic acids is 1. The van der Waals surface area contributed by atoms with E-state index < -0.39 is 0 Å². The molecule has 0 aliphatic heterocycles. The molecule has 3 aromatic rings. The van der Waals surface area contributed by atoms with Gasteiger partial charge in [0.2, 0.25) is 5.91 Å². The van der Waals surface area contributed by atoms with Crippen LogP contribution in [-0.2, 0) is 4.79 Å². The lowest BCUT2D eigenvalue weighted by Gasteiger charge is -2.15. The van der Waals surface area contributed by atoms with E-state index in [-0.39, 0.29) is 23.3 Å². The molecule has 0 fully saturated rings. The summed E-state index contributed by atoms with van der Waals surface area (Å²) in [5.41, 5.74) is 1.24. The third-order valence-corrected chi connectivity index (χ3v) is 5.16. The Morgan fingerprint density at radius 1 is 1.15 bits per heavy atom. The Hall–Kier alpha value is -2.60. The van der Waals surface area contributed by atoms with Gasteiger partial charge in [0, 0.05) is 6.04 Å². The van der Waals surface area contributed by atoms with Gasteiger partial charge in [-0.2, -0.15) is 0 Å². The number of carbonyl (C=O) groups is 1. The number of benzene rings is 2. The summed E-state index contributed by atoms with van der Waals surface area (Å²) < 4.78 is 1.58. The predicted octanol–water partition coefficient (Wildman–Crippen LogP) is 3.78. The standard InChI is InChI=1S/C21H23N3O2S/c1-3-9-15(2)22-19(25)14-27-21-23-18-13-8-7-12-17(18)20(26)24(21)16-10-5-4-6-11-16/h4-8,10-13,15H,3,9,14H2,1-2H3,(H,22,25)/t15-/m0/s1. The molecule has 1 heterocycles. The molecule has 0 aliphatic carbocycles. The molecule has 6 heteroatoms. The second-order valence-corrected chi connectivity index (χ2v) is 7.38. The van der Waals surface area contributed by atoms with Crippen LogP contribution in [0.1, 0.15) is 26.7 Å². The molecule has 140 valence electrons. The molecule has 5 nitrogen and oxygen atoms in total. The Kier molecular flexibility index (Phi) is 6.29. The second-order valence-electron chi connectivity index (χ2n) is 6.43. The highest BCUT2D eigenvalue weighted by Gasteiger charge is 2.15. The van der Waals surface area contributed by atoms with Crippen molar-refractivity contribution in [3.05, 3.63) is 65.0 Å². The Labute approximate surface area is 162 Å². The van der Waals surface area contributed by atoms with E-state index in [1.54, 1.807) is 10.6 Å². The van der Waals surface area contributed by atoms with Gasteiger partial charge in [0.05, 0.1) is 22.3 Å². The van der Waals surface area contributed by atoms with Crippen molar-refractivity contribution in [3.63, 3.8) is 0 Å². The largest absolute Gasteiger partial charge is 0.353 e. The van der Waals surface area contributed by atoms with Crippen molar-refractivity contribution >= 4 is 28.6 Å². The van der Waals surface area contributed by atoms with Gasteiger partial charge >= 0.3 is 0 Å². The quantitative estimate of drug-likeness (QED) is 0.500. The molecule has 0 saturated carbocycles. The van der Waals surface area contributed by atoms with E-state index >= 15 is 0 Å². The van der Waals surface area contributed by atoms with Gasteiger partial charge in [-0.1, -0.05) is 55.4 Å². The van der Waals surface area contributed by atoms with Crippen LogP contribution >= 0.6 is 11.8 Å². The molecular weight excluding hydrogens is 358 g/mol. The maximum Gasteiger partial charge on any atom is 0.266 e. The Balaban J connectivity index is 1.94. The van der Waals surface area contributed by atoms with Crippen LogP contribution in [-0.4, -0.2) is 27.3 Å². The maximum absolute atomic E-state index is 13.1. The van der Waals surface area contributed by atoms with Crippen LogP contribution in [0, 0.1) is 0 Å². The van der Waals surface area contributed by atoms with Gasteiger partial charge in [0.1, 0.15) is 0 Å². The summed E-state index contributed by atoms with van der Waals surface area (Å²) in [5, 5.41) is 4.07. The molecule has 2 aromatic carbocycles. The SMILES string of the molecule is CCC[C@H](C)NC(=O)CSc1nc2ccccc2c(=O)n1-c1ccccc1. The van der Waals surface area contributed by atoms with Crippen LogP contribution in [0.3, 0.4) is 0 Å². The van der Waals surface area contributed by atoms with Crippen molar-refractivity contribution in [1.29, 1.82) is 0 Å². The molecule has 1 amide bonds. The maximum atomic E-state index is 13.1. The first kappa shape index (κ1) is 19.2. The molecule has 1 atom stereocenters. The monoisotopic (exact) mass is 381 g/mol. The van der Waals surface area contributed by atoms with Gasteiger partial charge in [-0.15, -0.1) is 0 Å². The van der Waals surface area contributed by atoms with E-state index in [0.29, 0.717) is 16.1 Å². The summed E-state index contributed by atoms with van der Waals surface area (Å²) in [5.74, 6) is 0.161. The Morgan fingerprint density at radius 2 is 1.85 bits per heavy atom. The van der Waals surface area contributed by atoms with Crippen molar-refractivity contribution in [2.24, 2.45) is 0 Å². The number of para-hydroxylation sites is 2. The average Bonchev–Trinajstić information content (AvgIpc) is 2.67. The van der Waals surface area contributed by atoms with Crippen LogP contribution in [0.25, 0.3) is 16.6 Å². The van der Waals surface area contributed by atoms with E-state index in [1.807, 2.05) is 55.5 Å². The second kappa shape index (κ2) is 8.86. The van der Waals surface area contributed by atoms with Crippen LogP contribution in [0.2, 0.25) is 0 Å². The van der Waals surface area contributed by atoms with Crippen LogP contribution in [0.4, 0.5) is 0 Å². The van der Waals surface area contributed by atoms with Gasteiger partial charge in [-0.05, 0) is 37.6 Å². The highest BCUT2D eigenvalue weighted by molar-refractivity contribution is 7.99. The zero-order chi connectivity index (χ0) is 19.2. The summed E-state index contributed by atoms with van der Waals surface area (Å²) in [4.78, 5) is 30.0. The summed E-state index contributed by atoms with van der Waals surface area (Å²) in [6.07, 6.45) is 1.97. The minimum Gasteiger partial charge on any atom is -0.353 e. The normalized spacial score (nSPS) is 12.1. The van der Waals surface area contributed by atoms with Crippen LogP contribution in [0.5, 0.6) is 0 Å². The Morgan fingerprint density at radius 3 is 2.59 bits per heavy atom. The molecule has 27 heavy (non-hydrogen) atoms.